The van der Waals surface area contributed by atoms with Crippen LogP contribution in [-0.4, -0.2) is 29.5 Å². The van der Waals surface area contributed by atoms with Gasteiger partial charge in [0.25, 0.3) is 6.48 Å². The van der Waals surface area contributed by atoms with Gasteiger partial charge in [-0.3, -0.25) is 0 Å². The van der Waals surface area contributed by atoms with Crippen LogP contribution in [0.15, 0.2) is 24.3 Å². The largest absolute Gasteiger partial charge is 0.373 e. The van der Waals surface area contributed by atoms with E-state index in [1.165, 1.54) is 12.1 Å². The highest BCUT2D eigenvalue weighted by molar-refractivity contribution is 6.46. The van der Waals surface area contributed by atoms with Gasteiger partial charge in [0.05, 0.1) is 0 Å². The highest BCUT2D eigenvalue weighted by atomic mass is 28.2. The van der Waals surface area contributed by atoms with Crippen molar-refractivity contribution in [3.63, 3.8) is 0 Å². The fraction of sp³-hybridized carbons (Fsp3) is 0.455. The predicted molar refractivity (Wildman–Crippen MR) is 62.7 cm³/mol. The fourth-order valence-electron chi connectivity index (χ4n) is 1.16. The van der Waals surface area contributed by atoms with E-state index in [1.807, 2.05) is 13.8 Å². The van der Waals surface area contributed by atoms with E-state index < -0.39 is 16.2 Å². The molecule has 5 heteroatoms. The number of hydrogen-bond donors (Lipinski definition) is 0. The van der Waals surface area contributed by atoms with Gasteiger partial charge in [0, 0.05) is 13.2 Å². The van der Waals surface area contributed by atoms with Gasteiger partial charge < -0.3 is 13.9 Å². The molecule has 0 fully saturated rings. The van der Waals surface area contributed by atoms with Crippen LogP contribution in [0.1, 0.15) is 13.8 Å². The third-order valence-electron chi connectivity index (χ3n) is 1.90. The van der Waals surface area contributed by atoms with E-state index >= 15 is 0 Å². The van der Waals surface area contributed by atoms with Crippen molar-refractivity contribution in [1.29, 1.82) is 0 Å². The normalized spacial score (nSPS) is 11.8. The SMILES string of the molecule is CCOC(OCC)O[SiH2]c1ccc(F)cc1. The van der Waals surface area contributed by atoms with E-state index in [2.05, 4.69) is 0 Å². The van der Waals surface area contributed by atoms with Crippen molar-refractivity contribution < 1.29 is 18.3 Å². The Balaban J connectivity index is 2.38. The molecule has 0 aliphatic heterocycles. The number of hydrogen-bond acceptors (Lipinski definition) is 3. The molecule has 90 valence electrons. The third-order valence-corrected chi connectivity index (χ3v) is 3.15. The predicted octanol–water partition coefficient (Wildman–Crippen LogP) is 0.908. The smallest absolute Gasteiger partial charge is 0.261 e. The van der Waals surface area contributed by atoms with E-state index in [0.29, 0.717) is 13.2 Å². The molecular formula is C11H17FO3Si. The van der Waals surface area contributed by atoms with Crippen LogP contribution in [0, 0.1) is 5.82 Å². The molecule has 0 aliphatic rings. The second kappa shape index (κ2) is 7.51. The molecule has 0 radical (unpaired) electrons. The zero-order valence-electron chi connectivity index (χ0n) is 9.61. The van der Waals surface area contributed by atoms with E-state index in [4.69, 9.17) is 13.9 Å². The molecule has 0 N–H and O–H groups in total. The molecule has 0 aromatic heterocycles. The summed E-state index contributed by atoms with van der Waals surface area (Å²) in [6.07, 6.45) is 0. The first-order valence-electron chi connectivity index (χ1n) is 5.35. The molecule has 0 saturated heterocycles. The maximum atomic E-state index is 12.7. The Bertz CT molecular complexity index is 286. The quantitative estimate of drug-likeness (QED) is 0.527. The summed E-state index contributed by atoms with van der Waals surface area (Å²) >= 11 is 0. The Morgan fingerprint density at radius 3 is 2.19 bits per heavy atom. The molecule has 3 nitrogen and oxygen atoms in total. The third kappa shape index (κ3) is 4.85. The summed E-state index contributed by atoms with van der Waals surface area (Å²) in [7, 11) is -0.932. The Morgan fingerprint density at radius 1 is 1.12 bits per heavy atom. The molecular weight excluding hydrogens is 227 g/mol. The average molecular weight is 244 g/mol. The van der Waals surface area contributed by atoms with Gasteiger partial charge in [-0.1, -0.05) is 12.1 Å². The van der Waals surface area contributed by atoms with Crippen molar-refractivity contribution in [1.82, 2.24) is 0 Å². The minimum absolute atomic E-state index is 0.232. The monoisotopic (exact) mass is 244 g/mol. The van der Waals surface area contributed by atoms with Crippen molar-refractivity contribution in [2.45, 2.75) is 20.3 Å². The molecule has 0 amide bonds. The summed E-state index contributed by atoms with van der Waals surface area (Å²) < 4.78 is 28.7. The molecule has 1 aromatic carbocycles. The van der Waals surface area contributed by atoms with Crippen LogP contribution in [0.2, 0.25) is 0 Å². The minimum atomic E-state index is -0.932. The van der Waals surface area contributed by atoms with Gasteiger partial charge in [0.2, 0.25) is 0 Å². The van der Waals surface area contributed by atoms with Gasteiger partial charge in [-0.15, -0.1) is 0 Å². The van der Waals surface area contributed by atoms with E-state index in [0.717, 1.165) is 5.19 Å². The van der Waals surface area contributed by atoms with Crippen LogP contribution in [-0.2, 0) is 13.9 Å². The molecule has 1 aromatic rings. The lowest BCUT2D eigenvalue weighted by atomic mass is 10.3. The van der Waals surface area contributed by atoms with E-state index in [1.54, 1.807) is 12.1 Å². The molecule has 0 saturated carbocycles. The minimum Gasteiger partial charge on any atom is -0.373 e. The molecule has 0 spiro atoms. The standard InChI is InChI=1S/C11H17FO3Si/c1-3-13-11(14-4-2)15-16-10-7-5-9(12)6-8-10/h5-8,11H,3-4,16H2,1-2H3. The van der Waals surface area contributed by atoms with Gasteiger partial charge in [-0.05, 0) is 31.2 Å². The molecule has 0 heterocycles. The second-order valence-electron chi connectivity index (χ2n) is 3.14. The van der Waals surface area contributed by atoms with Gasteiger partial charge in [-0.25, -0.2) is 4.39 Å². The maximum absolute atomic E-state index is 12.7. The Kier molecular flexibility index (Phi) is 6.25. The van der Waals surface area contributed by atoms with Crippen molar-refractivity contribution in [3.8, 4) is 0 Å². The maximum Gasteiger partial charge on any atom is 0.261 e. The van der Waals surface area contributed by atoms with Crippen molar-refractivity contribution in [2.24, 2.45) is 0 Å². The van der Waals surface area contributed by atoms with Gasteiger partial charge >= 0.3 is 0 Å². The van der Waals surface area contributed by atoms with Crippen LogP contribution in [0.25, 0.3) is 0 Å². The number of ether oxygens (including phenoxy) is 2. The first kappa shape index (κ1) is 13.3. The Hall–Kier alpha value is -0.753. The summed E-state index contributed by atoms with van der Waals surface area (Å²) in [4.78, 5) is 0. The fourth-order valence-corrected chi connectivity index (χ4v) is 2.11. The summed E-state index contributed by atoms with van der Waals surface area (Å²) in [6, 6.07) is 6.33. The van der Waals surface area contributed by atoms with E-state index in [9.17, 15) is 4.39 Å². The van der Waals surface area contributed by atoms with Crippen LogP contribution in [0.3, 0.4) is 0 Å². The molecule has 16 heavy (non-hydrogen) atoms. The molecule has 0 aliphatic carbocycles. The summed E-state index contributed by atoms with van der Waals surface area (Å²) in [5.41, 5.74) is 0. The van der Waals surface area contributed by atoms with Crippen molar-refractivity contribution in [3.05, 3.63) is 30.1 Å². The lowest BCUT2D eigenvalue weighted by Gasteiger charge is -2.17. The first-order chi connectivity index (χ1) is 7.76. The average Bonchev–Trinajstić information content (AvgIpc) is 2.29. The zero-order valence-corrected chi connectivity index (χ0v) is 11.0. The number of rotatable bonds is 7. The molecule has 0 bridgehead atoms. The van der Waals surface area contributed by atoms with Crippen molar-refractivity contribution >= 4 is 14.9 Å². The second-order valence-corrected chi connectivity index (χ2v) is 4.58. The van der Waals surface area contributed by atoms with Crippen LogP contribution in [0.4, 0.5) is 4.39 Å². The zero-order chi connectivity index (χ0) is 11.8. The highest BCUT2D eigenvalue weighted by Crippen LogP contribution is 1.97. The molecule has 0 atom stereocenters. The van der Waals surface area contributed by atoms with Crippen molar-refractivity contribution in [2.75, 3.05) is 13.2 Å². The number of benzene rings is 1. The van der Waals surface area contributed by atoms with E-state index in [-0.39, 0.29) is 5.82 Å². The first-order valence-corrected chi connectivity index (χ1v) is 6.64. The Labute approximate surface area is 97.5 Å². The number of halogens is 1. The van der Waals surface area contributed by atoms with Gasteiger partial charge in [0.1, 0.15) is 5.82 Å². The van der Waals surface area contributed by atoms with Crippen LogP contribution < -0.4 is 5.19 Å². The summed E-state index contributed by atoms with van der Waals surface area (Å²) in [6.45, 7) is 4.26. The lowest BCUT2D eigenvalue weighted by Crippen LogP contribution is -2.28. The topological polar surface area (TPSA) is 27.7 Å². The van der Waals surface area contributed by atoms with Crippen LogP contribution in [0.5, 0.6) is 0 Å². The molecule has 1 rings (SSSR count). The highest BCUT2D eigenvalue weighted by Gasteiger charge is 2.08. The lowest BCUT2D eigenvalue weighted by molar-refractivity contribution is -0.242. The Morgan fingerprint density at radius 2 is 1.69 bits per heavy atom. The summed E-state index contributed by atoms with van der Waals surface area (Å²) in [5.74, 6) is -0.232. The summed E-state index contributed by atoms with van der Waals surface area (Å²) in [5, 5.41) is 1.02. The van der Waals surface area contributed by atoms with Gasteiger partial charge in [-0.2, -0.15) is 0 Å². The molecule has 0 unspecified atom stereocenters. The van der Waals surface area contributed by atoms with Gasteiger partial charge in [0.15, 0.2) is 9.76 Å². The van der Waals surface area contributed by atoms with Crippen LogP contribution >= 0.6 is 0 Å².